The average Bonchev–Trinajstić information content (AvgIpc) is 2.90. The van der Waals surface area contributed by atoms with Crippen molar-refractivity contribution in [3.05, 3.63) is 4.88 Å². The number of nitrogen functional groups attached to an aromatic ring is 1. The molecule has 0 unspecified atom stereocenters. The molecule has 1 aliphatic rings. The van der Waals surface area contributed by atoms with Crippen molar-refractivity contribution < 1.29 is 4.79 Å². The normalized spacial score (nSPS) is 15.2. The average molecular weight is 311 g/mol. The van der Waals surface area contributed by atoms with Gasteiger partial charge in [-0.2, -0.15) is 0 Å². The maximum absolute atomic E-state index is 12.1. The van der Waals surface area contributed by atoms with E-state index < -0.39 is 0 Å². The third kappa shape index (κ3) is 4.57. The lowest BCUT2D eigenvalue weighted by molar-refractivity contribution is 0.0957. The number of anilines is 2. The Morgan fingerprint density at radius 1 is 1.38 bits per heavy atom. The van der Waals surface area contributed by atoms with E-state index in [9.17, 15) is 4.79 Å². The van der Waals surface area contributed by atoms with Crippen molar-refractivity contribution in [2.45, 2.75) is 32.6 Å². The number of nitrogens with two attached hydrogens (primary N) is 1. The highest BCUT2D eigenvalue weighted by atomic mass is 32.1. The van der Waals surface area contributed by atoms with Crippen LogP contribution in [0.4, 0.5) is 10.9 Å². The zero-order chi connectivity index (χ0) is 15.1. The first-order valence-electron chi connectivity index (χ1n) is 7.72. The monoisotopic (exact) mass is 311 g/mol. The van der Waals surface area contributed by atoms with Gasteiger partial charge in [-0.05, 0) is 6.42 Å². The molecule has 1 saturated heterocycles. The molecule has 0 spiro atoms. The van der Waals surface area contributed by atoms with Crippen LogP contribution in [0, 0.1) is 0 Å². The summed E-state index contributed by atoms with van der Waals surface area (Å²) >= 11 is 1.39. The highest BCUT2D eigenvalue weighted by molar-refractivity contribution is 7.18. The molecule has 21 heavy (non-hydrogen) atoms. The van der Waals surface area contributed by atoms with Gasteiger partial charge in [-0.25, -0.2) is 4.98 Å². The summed E-state index contributed by atoms with van der Waals surface area (Å²) in [6.07, 6.45) is 4.58. The third-order valence-corrected chi connectivity index (χ3v) is 4.68. The predicted molar refractivity (Wildman–Crippen MR) is 88.1 cm³/mol. The van der Waals surface area contributed by atoms with Gasteiger partial charge in [-0.1, -0.05) is 37.5 Å². The summed E-state index contributed by atoms with van der Waals surface area (Å²) in [7, 11) is 0. The van der Waals surface area contributed by atoms with Crippen LogP contribution in [0.1, 0.15) is 42.3 Å². The van der Waals surface area contributed by atoms with Gasteiger partial charge in [0.1, 0.15) is 10.7 Å². The van der Waals surface area contributed by atoms with Crippen LogP contribution in [-0.4, -0.2) is 43.6 Å². The lowest BCUT2D eigenvalue weighted by Crippen LogP contribution is -2.43. The van der Waals surface area contributed by atoms with Gasteiger partial charge in [0.25, 0.3) is 5.91 Å². The van der Waals surface area contributed by atoms with Gasteiger partial charge in [-0.3, -0.25) is 4.79 Å². The minimum Gasteiger partial charge on any atom is -0.382 e. The molecule has 0 saturated carbocycles. The molecular weight excluding hydrogens is 286 g/mol. The Balaban J connectivity index is 1.87. The smallest absolute Gasteiger partial charge is 0.265 e. The molecule has 4 N–H and O–H groups in total. The van der Waals surface area contributed by atoms with Crippen LogP contribution >= 0.6 is 11.3 Å². The molecule has 0 aromatic carbocycles. The van der Waals surface area contributed by atoms with E-state index in [0.29, 0.717) is 17.2 Å². The lowest BCUT2D eigenvalue weighted by Gasteiger charge is -2.26. The number of amides is 1. The fourth-order valence-corrected chi connectivity index (χ4v) is 3.26. The molecular formula is C14H25N5OS. The van der Waals surface area contributed by atoms with Crippen molar-refractivity contribution in [2.75, 3.05) is 43.4 Å². The number of rotatable bonds is 7. The topological polar surface area (TPSA) is 83.3 Å². The number of carbonyl (C=O) groups is 1. The lowest BCUT2D eigenvalue weighted by atomic mass is 10.2. The van der Waals surface area contributed by atoms with Crippen molar-refractivity contribution >= 4 is 28.2 Å². The van der Waals surface area contributed by atoms with Gasteiger partial charge in [-0.15, -0.1) is 0 Å². The minimum absolute atomic E-state index is 0.0946. The fourth-order valence-electron chi connectivity index (χ4n) is 2.31. The zero-order valence-corrected chi connectivity index (χ0v) is 13.5. The number of unbranched alkanes of at least 4 members (excludes halogenated alkanes) is 3. The summed E-state index contributed by atoms with van der Waals surface area (Å²) in [5.41, 5.74) is 5.90. The SMILES string of the molecule is CCCCCCNC(=O)c1sc(N2CCNCC2)nc1N. The summed E-state index contributed by atoms with van der Waals surface area (Å²) < 4.78 is 0. The molecule has 2 rings (SSSR count). The van der Waals surface area contributed by atoms with Gasteiger partial charge in [0.05, 0.1) is 0 Å². The van der Waals surface area contributed by atoms with E-state index in [1.807, 2.05) is 0 Å². The maximum atomic E-state index is 12.1. The van der Waals surface area contributed by atoms with Crippen LogP contribution in [0.15, 0.2) is 0 Å². The number of nitrogens with one attached hydrogen (secondary N) is 2. The Bertz CT molecular complexity index is 456. The third-order valence-electron chi connectivity index (χ3n) is 3.55. The van der Waals surface area contributed by atoms with E-state index in [4.69, 9.17) is 5.73 Å². The molecule has 2 heterocycles. The molecule has 1 amide bonds. The summed E-state index contributed by atoms with van der Waals surface area (Å²) in [5, 5.41) is 7.09. The molecule has 7 heteroatoms. The Hall–Kier alpha value is -1.34. The van der Waals surface area contributed by atoms with Gasteiger partial charge in [0, 0.05) is 32.7 Å². The second-order valence-electron chi connectivity index (χ2n) is 5.26. The Kier molecular flexibility index (Phi) is 6.25. The minimum atomic E-state index is -0.0946. The summed E-state index contributed by atoms with van der Waals surface area (Å²) in [6.45, 7) is 6.58. The molecule has 0 bridgehead atoms. The van der Waals surface area contributed by atoms with E-state index >= 15 is 0 Å². The number of piperazine rings is 1. The highest BCUT2D eigenvalue weighted by Gasteiger charge is 2.20. The molecule has 0 atom stereocenters. The molecule has 0 radical (unpaired) electrons. The number of carbonyl (C=O) groups excluding carboxylic acids is 1. The maximum Gasteiger partial charge on any atom is 0.265 e. The van der Waals surface area contributed by atoms with E-state index in [-0.39, 0.29) is 5.91 Å². The van der Waals surface area contributed by atoms with Crippen molar-refractivity contribution in [1.29, 1.82) is 0 Å². The van der Waals surface area contributed by atoms with Crippen LogP contribution in [0.2, 0.25) is 0 Å². The Labute approximate surface area is 130 Å². The van der Waals surface area contributed by atoms with Gasteiger partial charge in [0.2, 0.25) is 0 Å². The largest absolute Gasteiger partial charge is 0.382 e. The van der Waals surface area contributed by atoms with Crippen molar-refractivity contribution in [3.8, 4) is 0 Å². The fraction of sp³-hybridized carbons (Fsp3) is 0.714. The van der Waals surface area contributed by atoms with Crippen molar-refractivity contribution in [2.24, 2.45) is 0 Å². The van der Waals surface area contributed by atoms with E-state index in [1.54, 1.807) is 0 Å². The molecule has 1 fully saturated rings. The molecule has 0 aliphatic carbocycles. The summed E-state index contributed by atoms with van der Waals surface area (Å²) in [6, 6.07) is 0. The van der Waals surface area contributed by atoms with Crippen LogP contribution < -0.4 is 21.3 Å². The van der Waals surface area contributed by atoms with Crippen LogP contribution in [-0.2, 0) is 0 Å². The van der Waals surface area contributed by atoms with Crippen LogP contribution in [0.5, 0.6) is 0 Å². The van der Waals surface area contributed by atoms with Crippen molar-refractivity contribution in [1.82, 2.24) is 15.6 Å². The van der Waals surface area contributed by atoms with Crippen LogP contribution in [0.3, 0.4) is 0 Å². The van der Waals surface area contributed by atoms with Crippen LogP contribution in [0.25, 0.3) is 0 Å². The van der Waals surface area contributed by atoms with Crippen molar-refractivity contribution in [3.63, 3.8) is 0 Å². The van der Waals surface area contributed by atoms with E-state index in [1.165, 1.54) is 24.2 Å². The number of aromatic nitrogens is 1. The molecule has 118 valence electrons. The Morgan fingerprint density at radius 3 is 2.86 bits per heavy atom. The summed E-state index contributed by atoms with van der Waals surface area (Å²) in [5.74, 6) is 0.252. The number of thiazole rings is 1. The van der Waals surface area contributed by atoms with Gasteiger partial charge >= 0.3 is 0 Å². The number of hydrogen-bond donors (Lipinski definition) is 3. The highest BCUT2D eigenvalue weighted by Crippen LogP contribution is 2.28. The first kappa shape index (κ1) is 16.0. The molecule has 1 aromatic rings. The summed E-state index contributed by atoms with van der Waals surface area (Å²) in [4.78, 5) is 19.2. The van der Waals surface area contributed by atoms with Gasteiger partial charge in [0.15, 0.2) is 5.13 Å². The molecule has 6 nitrogen and oxygen atoms in total. The standard InChI is InChI=1S/C14H25N5OS/c1-2-3-4-5-6-17-13(20)11-12(15)18-14(21-11)19-9-7-16-8-10-19/h16H,2-10,15H2,1H3,(H,17,20). The zero-order valence-electron chi connectivity index (χ0n) is 12.7. The first-order chi connectivity index (χ1) is 10.2. The van der Waals surface area contributed by atoms with Gasteiger partial charge < -0.3 is 21.3 Å². The second kappa shape index (κ2) is 8.19. The number of hydrogen-bond acceptors (Lipinski definition) is 6. The predicted octanol–water partition coefficient (Wildman–Crippen LogP) is 1.44. The Morgan fingerprint density at radius 2 is 2.14 bits per heavy atom. The molecule has 1 aromatic heterocycles. The van der Waals surface area contributed by atoms with E-state index in [2.05, 4.69) is 27.4 Å². The molecule has 1 aliphatic heterocycles. The van der Waals surface area contributed by atoms with E-state index in [0.717, 1.165) is 44.2 Å². The number of nitrogens with zero attached hydrogens (tertiary/aromatic N) is 2. The second-order valence-corrected chi connectivity index (χ2v) is 6.24. The quantitative estimate of drug-likeness (QED) is 0.664. The first-order valence-corrected chi connectivity index (χ1v) is 8.54.